The van der Waals surface area contributed by atoms with Crippen LogP contribution in [0.2, 0.25) is 0 Å². The Bertz CT molecular complexity index is 2840. The van der Waals surface area contributed by atoms with Gasteiger partial charge in [0.25, 0.3) is 5.91 Å². The number of rotatable bonds is 10. The number of benzene rings is 1. The maximum Gasteiger partial charge on any atom is 0.410 e. The van der Waals surface area contributed by atoms with Gasteiger partial charge in [-0.2, -0.15) is 5.10 Å². The molecule has 4 aromatic heterocycles. The molecule has 6 fully saturated rings. The van der Waals surface area contributed by atoms with Gasteiger partial charge in [-0.25, -0.2) is 38.2 Å². The van der Waals surface area contributed by atoms with E-state index in [9.17, 15) is 19.2 Å². The van der Waals surface area contributed by atoms with Crippen LogP contribution in [0.25, 0.3) is 33.8 Å². The van der Waals surface area contributed by atoms with Gasteiger partial charge in [-0.05, 0) is 89.3 Å². The number of aromatic nitrogens is 7. The first-order valence-electron chi connectivity index (χ1n) is 24.2. The van der Waals surface area contributed by atoms with E-state index in [0.717, 1.165) is 50.1 Å². The summed E-state index contributed by atoms with van der Waals surface area (Å²) in [5, 5.41) is 15.1. The van der Waals surface area contributed by atoms with E-state index in [4.69, 9.17) is 30.1 Å². The Balaban J connectivity index is 0.627. The third-order valence-corrected chi connectivity index (χ3v) is 14.8. The van der Waals surface area contributed by atoms with Crippen molar-refractivity contribution in [3.63, 3.8) is 0 Å². The molecule has 5 aromatic rings. The lowest BCUT2D eigenvalue weighted by atomic mass is 9.71. The third kappa shape index (κ3) is 8.52. The normalized spacial score (nSPS) is 21.2. The molecule has 5 aliphatic heterocycles. The molecule has 11 rings (SSSR count). The number of halogens is 2. The topological polar surface area (TPSA) is 236 Å². The Labute approximate surface area is 401 Å². The van der Waals surface area contributed by atoms with E-state index in [1.54, 1.807) is 14.7 Å². The van der Waals surface area contributed by atoms with E-state index in [0.29, 0.717) is 97.8 Å². The fourth-order valence-corrected chi connectivity index (χ4v) is 11.0. The number of nitrogens with one attached hydrogen (secondary N) is 2. The monoisotopic (exact) mass is 962 g/mol. The number of likely N-dealkylation sites (tertiary alicyclic amines) is 3. The molecule has 4 N–H and O–H groups in total. The molecule has 1 spiro atoms. The Morgan fingerprint density at radius 1 is 0.886 bits per heavy atom. The van der Waals surface area contributed by atoms with Gasteiger partial charge in [0.05, 0.1) is 16.5 Å². The first-order chi connectivity index (χ1) is 33.6. The maximum atomic E-state index is 15.2. The molecule has 0 radical (unpaired) electrons. The number of nitrogens with zero attached hydrogens (tertiary/aromatic N) is 11. The van der Waals surface area contributed by atoms with E-state index < -0.39 is 35.2 Å². The lowest BCUT2D eigenvalue weighted by Gasteiger charge is -2.63. The van der Waals surface area contributed by atoms with Gasteiger partial charge in [0, 0.05) is 94.2 Å². The average Bonchev–Trinajstić information content (AvgIpc) is 3.93. The highest BCUT2D eigenvalue weighted by atomic mass is 19.1. The van der Waals surface area contributed by atoms with Crippen molar-refractivity contribution in [3.8, 4) is 22.8 Å². The number of fused-ring (bicyclic) bond motifs is 1. The first-order valence-corrected chi connectivity index (χ1v) is 24.2. The van der Waals surface area contributed by atoms with Crippen LogP contribution in [-0.4, -0.2) is 144 Å². The van der Waals surface area contributed by atoms with Crippen LogP contribution in [0.15, 0.2) is 35.4 Å². The second-order valence-corrected chi connectivity index (χ2v) is 20.9. The number of amides is 4. The van der Waals surface area contributed by atoms with Gasteiger partial charge >= 0.3 is 6.09 Å². The fourth-order valence-electron chi connectivity index (χ4n) is 11.0. The summed E-state index contributed by atoms with van der Waals surface area (Å²) in [6, 6.07) is 1.94. The van der Waals surface area contributed by atoms with Gasteiger partial charge in [-0.3, -0.25) is 24.6 Å². The molecule has 9 heterocycles. The fraction of sp³-hybridized carbons (Fsp3) is 0.542. The smallest absolute Gasteiger partial charge is 0.410 e. The average molecular weight is 963 g/mol. The molecule has 1 unspecified atom stereocenters. The highest BCUT2D eigenvalue weighted by Gasteiger charge is 2.54. The summed E-state index contributed by atoms with van der Waals surface area (Å²) in [5.41, 5.74) is 9.29. The van der Waals surface area contributed by atoms with Crippen molar-refractivity contribution < 1.29 is 37.2 Å². The quantitative estimate of drug-likeness (QED) is 0.160. The molecular weight excluding hydrogens is 907 g/mol. The maximum absolute atomic E-state index is 15.2. The largest absolute Gasteiger partial charge is 0.439 e. The number of anilines is 3. The van der Waals surface area contributed by atoms with Crippen LogP contribution < -0.4 is 21.3 Å². The van der Waals surface area contributed by atoms with Crippen molar-refractivity contribution in [2.45, 2.75) is 102 Å². The summed E-state index contributed by atoms with van der Waals surface area (Å²) in [4.78, 5) is 75.8. The third-order valence-electron chi connectivity index (χ3n) is 14.8. The van der Waals surface area contributed by atoms with Crippen LogP contribution in [0.3, 0.4) is 0 Å². The summed E-state index contributed by atoms with van der Waals surface area (Å²) < 4.78 is 43.8. The summed E-state index contributed by atoms with van der Waals surface area (Å²) in [5.74, 6) is -0.676. The summed E-state index contributed by atoms with van der Waals surface area (Å²) >= 11 is 0. The molecule has 1 aromatic carbocycles. The predicted octanol–water partition coefficient (Wildman–Crippen LogP) is 4.78. The number of piperidine rings is 3. The molecule has 1 atom stereocenters. The molecule has 0 bridgehead atoms. The molecule has 20 nitrogen and oxygen atoms in total. The first kappa shape index (κ1) is 45.6. The van der Waals surface area contributed by atoms with Gasteiger partial charge in [0.2, 0.25) is 11.8 Å². The van der Waals surface area contributed by atoms with Crippen molar-refractivity contribution >= 4 is 52.0 Å². The van der Waals surface area contributed by atoms with Gasteiger partial charge in [0.1, 0.15) is 35.3 Å². The molecule has 70 heavy (non-hydrogen) atoms. The van der Waals surface area contributed by atoms with Crippen molar-refractivity contribution in [1.29, 1.82) is 0 Å². The lowest BCUT2D eigenvalue weighted by Crippen LogP contribution is -2.74. The Hall–Kier alpha value is -6.84. The molecule has 1 aliphatic carbocycles. The molecule has 22 heteroatoms. The van der Waals surface area contributed by atoms with E-state index in [-0.39, 0.29) is 59.9 Å². The Morgan fingerprint density at radius 2 is 1.57 bits per heavy atom. The Morgan fingerprint density at radius 3 is 2.23 bits per heavy atom. The van der Waals surface area contributed by atoms with Gasteiger partial charge in [-0.15, -0.1) is 0 Å². The summed E-state index contributed by atoms with van der Waals surface area (Å²) in [7, 11) is 0. The van der Waals surface area contributed by atoms with Gasteiger partial charge in [0.15, 0.2) is 35.5 Å². The lowest BCUT2D eigenvalue weighted by molar-refractivity contribution is -0.137. The van der Waals surface area contributed by atoms with Crippen LogP contribution in [0.5, 0.6) is 0 Å². The molecular formula is C48H56F2N14O6. The van der Waals surface area contributed by atoms with Crippen LogP contribution in [0, 0.1) is 17.0 Å². The molecule has 368 valence electrons. The zero-order chi connectivity index (χ0) is 48.6. The number of imide groups is 1. The zero-order valence-electron chi connectivity index (χ0n) is 39.4. The standard InChI is InChI=1S/C48H56F2N14O6/c1-47(2,3)64-44-37(42(51)54-25-55-44)38(58-64)39-36(41(70-59-39)27-4-5-27)43-52-18-28(19-53-43)26-8-12-61(13-9-26)46(68)69-20-35(66)60-14-10-30(11-15-60)62-21-48(22-62)23-63(24-48)40-31(49)16-29(17-32(40)50)56-33-6-7-34(65)57-45(33)67/h16-19,25-27,30,33,56H,4-15,20-24H2,1-3H3,(H2,51,54,55)(H,57,65,67). The zero-order valence-corrected chi connectivity index (χ0v) is 39.4. The van der Waals surface area contributed by atoms with E-state index in [1.807, 2.05) is 37.8 Å². The van der Waals surface area contributed by atoms with Crippen LogP contribution in [0.1, 0.15) is 95.3 Å². The minimum absolute atomic E-state index is 0.0405. The number of hydrogen-bond donors (Lipinski definition) is 3. The van der Waals surface area contributed by atoms with Gasteiger partial charge < -0.3 is 35.0 Å². The van der Waals surface area contributed by atoms with Crippen LogP contribution >= 0.6 is 0 Å². The summed E-state index contributed by atoms with van der Waals surface area (Å²) in [6.07, 6.45) is 9.89. The number of nitrogen functional groups attached to an aromatic ring is 1. The highest BCUT2D eigenvalue weighted by molar-refractivity contribution is 6.02. The molecule has 6 aliphatic rings. The van der Waals surface area contributed by atoms with Crippen LogP contribution in [-0.2, 0) is 24.7 Å². The van der Waals surface area contributed by atoms with Crippen molar-refractivity contribution in [3.05, 3.63) is 53.8 Å². The minimum Gasteiger partial charge on any atom is -0.439 e. The molecule has 1 saturated carbocycles. The number of nitrogens with two attached hydrogens (primary N) is 1. The van der Waals surface area contributed by atoms with Gasteiger partial charge in [-0.1, -0.05) is 5.16 Å². The second-order valence-electron chi connectivity index (χ2n) is 20.9. The second kappa shape index (κ2) is 17.5. The van der Waals surface area contributed by atoms with Crippen molar-refractivity contribution in [1.82, 2.24) is 54.9 Å². The van der Waals surface area contributed by atoms with Crippen molar-refractivity contribution in [2.24, 2.45) is 5.41 Å². The van der Waals surface area contributed by atoms with E-state index >= 15 is 8.78 Å². The number of ether oxygens (including phenoxy) is 1. The van der Waals surface area contributed by atoms with E-state index in [1.165, 1.54) is 18.5 Å². The van der Waals surface area contributed by atoms with Crippen LogP contribution in [0.4, 0.5) is 30.8 Å². The van der Waals surface area contributed by atoms with Crippen molar-refractivity contribution in [2.75, 3.05) is 74.9 Å². The van der Waals surface area contributed by atoms with E-state index in [2.05, 4.69) is 30.7 Å². The molecule has 4 amide bonds. The number of hydrogen-bond acceptors (Lipinski definition) is 16. The molecule has 5 saturated heterocycles. The number of carbonyl (C=O) groups excluding carboxylic acids is 4. The minimum atomic E-state index is -0.740. The SMILES string of the molecule is CC(C)(C)n1nc(-c2noc(C3CC3)c2-c2ncc(C3CCN(C(=O)OCC(=O)N4CCC(N5CC6(CN(c7c(F)cc(NC8CCC(=O)NC8=O)cc7F)C6)C5)CC4)CC3)cn2)c2c(N)ncnc21. The summed E-state index contributed by atoms with van der Waals surface area (Å²) in [6.45, 7) is 10.5. The highest BCUT2D eigenvalue weighted by Crippen LogP contribution is 2.49. The number of carbonyl (C=O) groups is 4. The Kier molecular flexibility index (Phi) is 11.4. The predicted molar refractivity (Wildman–Crippen MR) is 250 cm³/mol.